The number of carbonyl (C=O) groups is 3. The average molecular weight is 1020 g/mol. The van der Waals surface area contributed by atoms with Gasteiger partial charge in [-0.05, 0) is 102 Å². The predicted molar refractivity (Wildman–Crippen MR) is 275 cm³/mol. The van der Waals surface area contributed by atoms with Crippen LogP contribution in [0.1, 0.15) is 104 Å². The van der Waals surface area contributed by atoms with Crippen LogP contribution in [-0.4, -0.2) is 189 Å². The van der Waals surface area contributed by atoms with Crippen LogP contribution >= 0.6 is 0 Å². The molecular weight excluding hydrogens is 943 g/mol. The zero-order valence-electron chi connectivity index (χ0n) is 44.4. The first-order chi connectivity index (χ1) is 33.7. The van der Waals surface area contributed by atoms with Crippen LogP contribution in [0.3, 0.4) is 0 Å². The second kappa shape index (κ2) is 21.4. The molecule has 6 heterocycles. The first-order valence-corrected chi connectivity index (χ1v) is 26.5. The fourth-order valence-corrected chi connectivity index (χ4v) is 10.2. The highest BCUT2D eigenvalue weighted by Gasteiger charge is 2.37. The predicted octanol–water partition coefficient (Wildman–Crippen LogP) is 5.67. The number of amides is 2. The van der Waals surface area contributed by atoms with Crippen LogP contribution in [-0.2, 0) is 19.3 Å². The first-order valence-electron chi connectivity index (χ1n) is 25.0. The van der Waals surface area contributed by atoms with Crippen molar-refractivity contribution in [2.75, 3.05) is 88.8 Å². The monoisotopic (exact) mass is 1020 g/mol. The molecule has 3 saturated heterocycles. The smallest absolute Gasteiger partial charge is 0.435 e. The van der Waals surface area contributed by atoms with E-state index in [0.29, 0.717) is 97.5 Å². The lowest BCUT2D eigenvalue weighted by Gasteiger charge is -2.44. The first kappa shape index (κ1) is 54.1. The fraction of sp³-hybridized carbons (Fsp3) is 0.640. The van der Waals surface area contributed by atoms with E-state index < -0.39 is 31.9 Å². The molecule has 3 aliphatic rings. The Balaban J connectivity index is 0.902. The number of hydrogen-bond acceptors (Lipinski definition) is 18. The maximum Gasteiger partial charge on any atom is 0.435 e. The second-order valence-corrected chi connectivity index (χ2v) is 24.9. The SMILES string of the molecule is Cc1c(Nc2ncnc3cc(OCCCN4CCN(C(=O)c5cnc(N6CCN(C[C@H]7CN(C(=O)OC(C)(C)C)[C@H](C)CN7)[C@H](C)C6)nc5)CC4)c(S(=O)(=O)C(C)(C)C)cc23)nn(C(=O)OC(C)(C)C)c1C. The zero-order valence-corrected chi connectivity index (χ0v) is 45.2. The number of nitrogens with one attached hydrogen (secondary N) is 2. The molecule has 7 rings (SSSR count). The third-order valence-electron chi connectivity index (χ3n) is 13.2. The minimum absolute atomic E-state index is 0.0157. The number of ether oxygens (including phenoxy) is 3. The summed E-state index contributed by atoms with van der Waals surface area (Å²) in [7, 11) is -3.91. The number of hydrogen-bond donors (Lipinski definition) is 2. The lowest BCUT2D eigenvalue weighted by Crippen LogP contribution is -2.63. The maximum atomic E-state index is 14.1. The van der Waals surface area contributed by atoms with E-state index in [1.165, 1.54) is 11.0 Å². The largest absolute Gasteiger partial charge is 0.492 e. The van der Waals surface area contributed by atoms with Crippen LogP contribution < -0.4 is 20.3 Å². The summed E-state index contributed by atoms with van der Waals surface area (Å²) in [5, 5.41) is 11.7. The number of nitrogens with zero attached hydrogens (tertiary/aromatic N) is 11. The number of sulfone groups is 1. The van der Waals surface area contributed by atoms with Crippen molar-refractivity contribution < 1.29 is 37.0 Å². The van der Waals surface area contributed by atoms with Crippen molar-refractivity contribution in [2.24, 2.45) is 0 Å². The molecule has 1 aromatic carbocycles. The van der Waals surface area contributed by atoms with Crippen LogP contribution in [0.25, 0.3) is 10.9 Å². The molecule has 3 aromatic heterocycles. The Bertz CT molecular complexity index is 2710. The summed E-state index contributed by atoms with van der Waals surface area (Å²) in [5.41, 5.74) is 0.911. The molecule has 3 fully saturated rings. The van der Waals surface area contributed by atoms with Crippen molar-refractivity contribution in [3.63, 3.8) is 0 Å². The summed E-state index contributed by atoms with van der Waals surface area (Å²) in [6.07, 6.45) is 4.34. The van der Waals surface area contributed by atoms with Crippen molar-refractivity contribution in [2.45, 2.75) is 135 Å². The lowest BCUT2D eigenvalue weighted by molar-refractivity contribution is 0.00693. The van der Waals surface area contributed by atoms with E-state index in [9.17, 15) is 22.8 Å². The Morgan fingerprint density at radius 1 is 0.806 bits per heavy atom. The maximum absolute atomic E-state index is 14.1. The molecule has 0 radical (unpaired) electrons. The number of piperazine rings is 3. The summed E-state index contributed by atoms with van der Waals surface area (Å²) < 4.78 is 45.7. The van der Waals surface area contributed by atoms with E-state index in [4.69, 9.17) is 14.2 Å². The molecule has 2 N–H and O–H groups in total. The minimum atomic E-state index is -3.91. The van der Waals surface area contributed by atoms with Gasteiger partial charge in [-0.2, -0.15) is 4.68 Å². The van der Waals surface area contributed by atoms with Gasteiger partial charge in [-0.25, -0.2) is 37.9 Å². The van der Waals surface area contributed by atoms with Gasteiger partial charge < -0.3 is 39.5 Å². The van der Waals surface area contributed by atoms with Crippen molar-refractivity contribution in [3.8, 4) is 5.75 Å². The highest BCUT2D eigenvalue weighted by molar-refractivity contribution is 7.92. The number of fused-ring (bicyclic) bond motifs is 1. The van der Waals surface area contributed by atoms with E-state index in [-0.39, 0.29) is 47.4 Å². The van der Waals surface area contributed by atoms with E-state index in [0.717, 1.165) is 26.2 Å². The molecular formula is C50H75N13O8S. The van der Waals surface area contributed by atoms with Crippen LogP contribution in [0.5, 0.6) is 5.75 Å². The van der Waals surface area contributed by atoms with Gasteiger partial charge in [-0.3, -0.25) is 14.6 Å². The molecule has 3 atom stereocenters. The summed E-state index contributed by atoms with van der Waals surface area (Å²) in [6, 6.07) is 3.57. The highest BCUT2D eigenvalue weighted by atomic mass is 32.2. The standard InChI is InChI=1S/C50H75N13O8S/c1-32-25-51-37(30-62(32)46(65)70-48(5,6)7)29-60-20-21-61(28-33(60)2)45-52-26-36(27-53-45)44(64)59-18-16-58(17-19-59)15-14-22-69-40-24-39-38(23-41(40)72(67,68)50(11,12)13)43(55-31-54-39)56-42-34(3)35(4)63(57-42)47(66)71-49(8,9)10/h23-24,26-27,31-33,37,51H,14-22,25,28-30H2,1-13H3,(H,54,55,56,57)/t32-,33-,37+/m1/s1. The van der Waals surface area contributed by atoms with Crippen LogP contribution in [0, 0.1) is 13.8 Å². The number of benzene rings is 1. The van der Waals surface area contributed by atoms with Gasteiger partial charge in [0.15, 0.2) is 15.7 Å². The number of rotatable bonds is 12. The Hall–Kier alpha value is -5.71. The summed E-state index contributed by atoms with van der Waals surface area (Å²) >= 11 is 0. The summed E-state index contributed by atoms with van der Waals surface area (Å²) in [5.74, 6) is 1.36. The molecule has 3 aliphatic heterocycles. The van der Waals surface area contributed by atoms with Crippen LogP contribution in [0.4, 0.5) is 27.2 Å². The third-order valence-corrected chi connectivity index (χ3v) is 15.7. The molecule has 0 saturated carbocycles. The fourth-order valence-electron chi connectivity index (χ4n) is 8.89. The second-order valence-electron chi connectivity index (χ2n) is 22.2. The van der Waals surface area contributed by atoms with E-state index >= 15 is 0 Å². The summed E-state index contributed by atoms with van der Waals surface area (Å²) in [6.45, 7) is 31.5. The molecule has 2 amide bonds. The lowest BCUT2D eigenvalue weighted by atomic mass is 10.1. The van der Waals surface area contributed by atoms with Gasteiger partial charge in [0.05, 0.1) is 28.1 Å². The number of carbonyl (C=O) groups excluding carboxylic acids is 3. The quantitative estimate of drug-likeness (QED) is 0.163. The van der Waals surface area contributed by atoms with E-state index in [2.05, 4.69) is 57.3 Å². The van der Waals surface area contributed by atoms with Crippen molar-refractivity contribution in [3.05, 3.63) is 47.7 Å². The molecule has 0 aliphatic carbocycles. The van der Waals surface area contributed by atoms with Gasteiger partial charge in [0, 0.05) is 120 Å². The highest BCUT2D eigenvalue weighted by Crippen LogP contribution is 2.37. The zero-order chi connectivity index (χ0) is 52.5. The van der Waals surface area contributed by atoms with Crippen molar-refractivity contribution in [1.29, 1.82) is 0 Å². The van der Waals surface area contributed by atoms with Gasteiger partial charge in [0.1, 0.15) is 34.0 Å². The van der Waals surface area contributed by atoms with Crippen LogP contribution in [0.2, 0.25) is 0 Å². The van der Waals surface area contributed by atoms with Gasteiger partial charge in [0.2, 0.25) is 5.95 Å². The Labute approximate surface area is 424 Å². The Morgan fingerprint density at radius 2 is 1.47 bits per heavy atom. The number of aromatic nitrogens is 6. The molecule has 22 heteroatoms. The molecule has 21 nitrogen and oxygen atoms in total. The summed E-state index contributed by atoms with van der Waals surface area (Å²) in [4.78, 5) is 68.1. The van der Waals surface area contributed by atoms with Crippen molar-refractivity contribution >= 4 is 56.4 Å². The van der Waals surface area contributed by atoms with Gasteiger partial charge >= 0.3 is 12.2 Å². The third kappa shape index (κ3) is 12.7. The van der Waals surface area contributed by atoms with Crippen LogP contribution in [0.15, 0.2) is 35.7 Å². The van der Waals surface area contributed by atoms with E-state index in [1.807, 2.05) is 44.4 Å². The van der Waals surface area contributed by atoms with E-state index in [1.54, 1.807) is 73.0 Å². The average Bonchev–Trinajstić information content (AvgIpc) is 3.58. The molecule has 0 bridgehead atoms. The molecule has 394 valence electrons. The van der Waals surface area contributed by atoms with Crippen molar-refractivity contribution in [1.82, 2.24) is 54.6 Å². The Morgan fingerprint density at radius 3 is 2.11 bits per heavy atom. The van der Waals surface area contributed by atoms with Gasteiger partial charge in [-0.1, -0.05) is 0 Å². The Kier molecular flexibility index (Phi) is 16.1. The minimum Gasteiger partial charge on any atom is -0.492 e. The van der Waals surface area contributed by atoms with Gasteiger partial charge in [-0.15, -0.1) is 5.10 Å². The molecule has 72 heavy (non-hydrogen) atoms. The molecule has 4 aromatic rings. The number of anilines is 3. The topological polar surface area (TPSA) is 223 Å². The van der Waals surface area contributed by atoms with Gasteiger partial charge in [0.25, 0.3) is 5.91 Å². The molecule has 0 spiro atoms. The molecule has 0 unspecified atom stereocenters. The normalized spacial score (nSPS) is 19.9.